The lowest BCUT2D eigenvalue weighted by Crippen LogP contribution is -2.44. The highest BCUT2D eigenvalue weighted by Crippen LogP contribution is 2.11. The van der Waals surface area contributed by atoms with Crippen molar-refractivity contribution in [2.24, 2.45) is 4.99 Å². The monoisotopic (exact) mass is 333 g/mol. The Hall–Kier alpha value is -1.59. The largest absolute Gasteiger partial charge is 0.379 e. The Morgan fingerprint density at radius 1 is 1.33 bits per heavy atom. The first kappa shape index (κ1) is 18.7. The molecule has 5 heteroatoms. The molecule has 2 atom stereocenters. The Morgan fingerprint density at radius 2 is 2.12 bits per heavy atom. The molecule has 1 aromatic rings. The lowest BCUT2D eigenvalue weighted by molar-refractivity contribution is 0.0347. The van der Waals surface area contributed by atoms with Gasteiger partial charge in [-0.25, -0.2) is 4.99 Å². The summed E-state index contributed by atoms with van der Waals surface area (Å²) in [5.74, 6) is 0.835. The average molecular weight is 333 g/mol. The van der Waals surface area contributed by atoms with E-state index in [2.05, 4.69) is 55.7 Å². The van der Waals surface area contributed by atoms with E-state index in [4.69, 9.17) is 14.5 Å². The van der Waals surface area contributed by atoms with Gasteiger partial charge in [-0.15, -0.1) is 0 Å². The van der Waals surface area contributed by atoms with E-state index in [0.29, 0.717) is 19.8 Å². The fourth-order valence-electron chi connectivity index (χ4n) is 2.74. The first-order valence-corrected chi connectivity index (χ1v) is 9.03. The predicted molar refractivity (Wildman–Crippen MR) is 98.4 cm³/mol. The number of benzene rings is 1. The summed E-state index contributed by atoms with van der Waals surface area (Å²) < 4.78 is 11.2. The molecule has 1 aliphatic rings. The summed E-state index contributed by atoms with van der Waals surface area (Å²) >= 11 is 0. The molecule has 1 aliphatic heterocycles. The van der Waals surface area contributed by atoms with Crippen molar-refractivity contribution >= 4 is 5.96 Å². The molecule has 5 nitrogen and oxygen atoms in total. The topological polar surface area (TPSA) is 54.9 Å². The standard InChI is InChI=1S/C19H31N3O2/c1-4-16-8-6-7-9-17(16)12-21-19(20-5-2)22-15(3)13-24-18-10-11-23-14-18/h6-9,15,18H,4-5,10-14H2,1-3H3,(H2,20,21,22). The molecule has 0 spiro atoms. The van der Waals surface area contributed by atoms with E-state index >= 15 is 0 Å². The van der Waals surface area contributed by atoms with Crippen molar-refractivity contribution in [3.63, 3.8) is 0 Å². The van der Waals surface area contributed by atoms with Crippen molar-refractivity contribution in [1.29, 1.82) is 0 Å². The van der Waals surface area contributed by atoms with E-state index in [9.17, 15) is 0 Å². The Kier molecular flexibility index (Phi) is 8.05. The molecular weight excluding hydrogens is 302 g/mol. The van der Waals surface area contributed by atoms with Gasteiger partial charge in [0.05, 0.1) is 25.9 Å². The summed E-state index contributed by atoms with van der Waals surface area (Å²) in [6, 6.07) is 8.68. The third-order valence-electron chi connectivity index (χ3n) is 4.10. The van der Waals surface area contributed by atoms with E-state index in [1.165, 1.54) is 11.1 Å². The molecule has 0 radical (unpaired) electrons. The summed E-state index contributed by atoms with van der Waals surface area (Å²) in [5, 5.41) is 6.73. The molecule has 1 heterocycles. The molecule has 1 fully saturated rings. The van der Waals surface area contributed by atoms with Gasteiger partial charge in [0.2, 0.25) is 0 Å². The van der Waals surface area contributed by atoms with Crippen LogP contribution in [0.4, 0.5) is 0 Å². The summed E-state index contributed by atoms with van der Waals surface area (Å²) in [7, 11) is 0. The zero-order chi connectivity index (χ0) is 17.2. The van der Waals surface area contributed by atoms with Crippen LogP contribution in [-0.4, -0.2) is 44.5 Å². The van der Waals surface area contributed by atoms with Crippen LogP contribution in [0.1, 0.15) is 38.3 Å². The molecular formula is C19H31N3O2. The molecule has 0 bridgehead atoms. The zero-order valence-corrected chi connectivity index (χ0v) is 15.2. The van der Waals surface area contributed by atoms with E-state index in [1.807, 2.05) is 0 Å². The number of nitrogens with zero attached hydrogens (tertiary/aromatic N) is 1. The van der Waals surface area contributed by atoms with Gasteiger partial charge < -0.3 is 20.1 Å². The highest BCUT2D eigenvalue weighted by molar-refractivity contribution is 5.80. The first-order chi connectivity index (χ1) is 11.7. The summed E-state index contributed by atoms with van der Waals surface area (Å²) in [5.41, 5.74) is 2.64. The van der Waals surface area contributed by atoms with Crippen LogP contribution in [0, 0.1) is 0 Å². The van der Waals surface area contributed by atoms with Crippen LogP contribution in [-0.2, 0) is 22.4 Å². The minimum absolute atomic E-state index is 0.199. The van der Waals surface area contributed by atoms with Gasteiger partial charge in [0.25, 0.3) is 0 Å². The third kappa shape index (κ3) is 6.13. The van der Waals surface area contributed by atoms with Gasteiger partial charge in [0.1, 0.15) is 0 Å². The highest BCUT2D eigenvalue weighted by Gasteiger charge is 2.17. The van der Waals surface area contributed by atoms with Gasteiger partial charge in [-0.3, -0.25) is 0 Å². The number of ether oxygens (including phenoxy) is 2. The van der Waals surface area contributed by atoms with Crippen LogP contribution < -0.4 is 10.6 Å². The third-order valence-corrected chi connectivity index (χ3v) is 4.10. The fraction of sp³-hybridized carbons (Fsp3) is 0.632. The lowest BCUT2D eigenvalue weighted by atomic mass is 10.1. The second kappa shape index (κ2) is 10.3. The molecule has 134 valence electrons. The van der Waals surface area contributed by atoms with Crippen LogP contribution in [0.2, 0.25) is 0 Å². The quantitative estimate of drug-likeness (QED) is 0.567. The van der Waals surface area contributed by atoms with Crippen molar-refractivity contribution in [3.05, 3.63) is 35.4 Å². The van der Waals surface area contributed by atoms with Crippen LogP contribution in [0.15, 0.2) is 29.3 Å². The number of rotatable bonds is 8. The number of hydrogen-bond acceptors (Lipinski definition) is 3. The predicted octanol–water partition coefficient (Wildman–Crippen LogP) is 2.50. The van der Waals surface area contributed by atoms with Crippen molar-refractivity contribution in [1.82, 2.24) is 10.6 Å². The Morgan fingerprint density at radius 3 is 2.79 bits per heavy atom. The van der Waals surface area contributed by atoms with Gasteiger partial charge in [-0.1, -0.05) is 31.2 Å². The highest BCUT2D eigenvalue weighted by atomic mass is 16.5. The van der Waals surface area contributed by atoms with Crippen LogP contribution in [0.25, 0.3) is 0 Å². The lowest BCUT2D eigenvalue weighted by Gasteiger charge is -2.19. The van der Waals surface area contributed by atoms with Crippen molar-refractivity contribution in [2.45, 2.75) is 52.3 Å². The number of hydrogen-bond donors (Lipinski definition) is 2. The Labute approximate surface area is 145 Å². The molecule has 0 aromatic heterocycles. The number of nitrogens with one attached hydrogen (secondary N) is 2. The van der Waals surface area contributed by atoms with E-state index in [1.54, 1.807) is 0 Å². The normalized spacial score (nSPS) is 19.3. The molecule has 2 N–H and O–H groups in total. The maximum atomic E-state index is 5.87. The minimum Gasteiger partial charge on any atom is -0.379 e. The fourth-order valence-corrected chi connectivity index (χ4v) is 2.74. The smallest absolute Gasteiger partial charge is 0.191 e. The van der Waals surface area contributed by atoms with Crippen LogP contribution >= 0.6 is 0 Å². The van der Waals surface area contributed by atoms with Crippen molar-refractivity contribution in [2.75, 3.05) is 26.4 Å². The minimum atomic E-state index is 0.199. The average Bonchev–Trinajstić information content (AvgIpc) is 3.12. The zero-order valence-electron chi connectivity index (χ0n) is 15.2. The number of aryl methyl sites for hydroxylation is 1. The van der Waals surface area contributed by atoms with E-state index in [0.717, 1.165) is 32.0 Å². The molecule has 24 heavy (non-hydrogen) atoms. The van der Waals surface area contributed by atoms with E-state index < -0.39 is 0 Å². The summed E-state index contributed by atoms with van der Waals surface area (Å²) in [4.78, 5) is 4.73. The Balaban J connectivity index is 1.87. The maximum Gasteiger partial charge on any atom is 0.191 e. The van der Waals surface area contributed by atoms with Gasteiger partial charge in [-0.2, -0.15) is 0 Å². The van der Waals surface area contributed by atoms with Gasteiger partial charge in [0.15, 0.2) is 5.96 Å². The maximum absolute atomic E-state index is 5.87. The summed E-state index contributed by atoms with van der Waals surface area (Å²) in [6.07, 6.45) is 2.27. The van der Waals surface area contributed by atoms with Gasteiger partial charge in [0, 0.05) is 19.2 Å². The molecule has 1 aromatic carbocycles. The van der Waals surface area contributed by atoms with Crippen LogP contribution in [0.5, 0.6) is 0 Å². The number of aliphatic imine (C=N–C) groups is 1. The molecule has 2 unspecified atom stereocenters. The summed E-state index contributed by atoms with van der Waals surface area (Å²) in [6.45, 7) is 10.1. The second-order valence-corrected chi connectivity index (χ2v) is 6.18. The van der Waals surface area contributed by atoms with Gasteiger partial charge >= 0.3 is 0 Å². The second-order valence-electron chi connectivity index (χ2n) is 6.18. The number of guanidine groups is 1. The molecule has 0 amide bonds. The SMILES string of the molecule is CCNC(=NCc1ccccc1CC)NC(C)COC1CCOC1. The molecule has 2 rings (SSSR count). The van der Waals surface area contributed by atoms with Crippen molar-refractivity contribution < 1.29 is 9.47 Å². The molecule has 0 saturated carbocycles. The Bertz CT molecular complexity index is 513. The molecule has 0 aliphatic carbocycles. The van der Waals surface area contributed by atoms with Gasteiger partial charge in [-0.05, 0) is 37.8 Å². The first-order valence-electron chi connectivity index (χ1n) is 9.03. The van der Waals surface area contributed by atoms with Crippen LogP contribution in [0.3, 0.4) is 0 Å². The van der Waals surface area contributed by atoms with Crippen molar-refractivity contribution in [3.8, 4) is 0 Å². The van der Waals surface area contributed by atoms with E-state index in [-0.39, 0.29) is 12.1 Å². The molecule has 1 saturated heterocycles.